The van der Waals surface area contributed by atoms with Gasteiger partial charge in [-0.25, -0.2) is 0 Å². The lowest BCUT2D eigenvalue weighted by Crippen LogP contribution is -2.11. The minimum absolute atomic E-state index is 0.975. The zero-order chi connectivity index (χ0) is 16.2. The standard InChI is InChI=1S/C21H22N2/c1-16(22-17-10-5-4-6-11-17)18-12-7-8-13-19(18)20-14-9-15-21(20)23(2)3/h4-13,15H,14H2,1-3H3/b22-16+. The molecular formula is C21H22N2. The molecule has 0 radical (unpaired) electrons. The van der Waals surface area contributed by atoms with Gasteiger partial charge < -0.3 is 4.90 Å². The van der Waals surface area contributed by atoms with Crippen molar-refractivity contribution in [1.29, 1.82) is 0 Å². The Kier molecular flexibility index (Phi) is 4.42. The second kappa shape index (κ2) is 6.66. The maximum atomic E-state index is 4.79. The lowest BCUT2D eigenvalue weighted by Gasteiger charge is -2.18. The van der Waals surface area contributed by atoms with Crippen molar-refractivity contribution < 1.29 is 0 Å². The van der Waals surface area contributed by atoms with Crippen LogP contribution in [0.4, 0.5) is 5.69 Å². The van der Waals surface area contributed by atoms with Crippen LogP contribution in [0.3, 0.4) is 0 Å². The summed E-state index contributed by atoms with van der Waals surface area (Å²) in [5.74, 6) is 0. The van der Waals surface area contributed by atoms with Gasteiger partial charge in [0.05, 0.1) is 5.69 Å². The lowest BCUT2D eigenvalue weighted by molar-refractivity contribution is 0.533. The summed E-state index contributed by atoms with van der Waals surface area (Å²) in [5.41, 5.74) is 7.17. The van der Waals surface area contributed by atoms with Crippen LogP contribution in [0, 0.1) is 0 Å². The van der Waals surface area contributed by atoms with E-state index in [-0.39, 0.29) is 0 Å². The highest BCUT2D eigenvalue weighted by Gasteiger charge is 2.16. The van der Waals surface area contributed by atoms with Gasteiger partial charge in [-0.05, 0) is 42.7 Å². The van der Waals surface area contributed by atoms with Crippen LogP contribution >= 0.6 is 0 Å². The number of likely N-dealkylation sites (N-methyl/N-ethyl adjacent to an activating group) is 1. The van der Waals surface area contributed by atoms with Crippen LogP contribution in [0.15, 0.2) is 77.4 Å². The number of aliphatic imine (C=N–C) groups is 1. The zero-order valence-corrected chi connectivity index (χ0v) is 14.0. The summed E-state index contributed by atoms with van der Waals surface area (Å²) >= 11 is 0. The highest BCUT2D eigenvalue weighted by molar-refractivity contribution is 6.04. The van der Waals surface area contributed by atoms with Crippen molar-refractivity contribution in [3.63, 3.8) is 0 Å². The maximum Gasteiger partial charge on any atom is 0.0633 e. The van der Waals surface area contributed by atoms with Crippen LogP contribution in [-0.4, -0.2) is 24.7 Å². The molecule has 0 saturated heterocycles. The van der Waals surface area contributed by atoms with Gasteiger partial charge in [-0.15, -0.1) is 0 Å². The molecule has 0 spiro atoms. The number of rotatable bonds is 4. The molecule has 2 heteroatoms. The van der Waals surface area contributed by atoms with Gasteiger partial charge in [0.15, 0.2) is 0 Å². The van der Waals surface area contributed by atoms with E-state index >= 15 is 0 Å². The first-order valence-electron chi connectivity index (χ1n) is 7.94. The Morgan fingerprint density at radius 2 is 1.65 bits per heavy atom. The molecule has 2 aromatic carbocycles. The molecule has 1 aliphatic carbocycles. The fraction of sp³-hybridized carbons (Fsp3) is 0.190. The molecule has 0 bridgehead atoms. The van der Waals surface area contributed by atoms with Gasteiger partial charge in [-0.1, -0.05) is 48.5 Å². The van der Waals surface area contributed by atoms with Crippen LogP contribution in [-0.2, 0) is 0 Å². The normalized spacial score (nSPS) is 14.5. The lowest BCUT2D eigenvalue weighted by atomic mass is 9.95. The molecule has 3 rings (SSSR count). The Morgan fingerprint density at radius 1 is 0.957 bits per heavy atom. The van der Waals surface area contributed by atoms with Gasteiger partial charge in [0, 0.05) is 31.1 Å². The Bertz CT molecular complexity index is 780. The number of hydrogen-bond acceptors (Lipinski definition) is 2. The topological polar surface area (TPSA) is 15.6 Å². The average molecular weight is 302 g/mol. The van der Waals surface area contributed by atoms with E-state index in [0.29, 0.717) is 0 Å². The summed E-state index contributed by atoms with van der Waals surface area (Å²) in [4.78, 5) is 6.97. The summed E-state index contributed by atoms with van der Waals surface area (Å²) in [5, 5.41) is 0. The first-order chi connectivity index (χ1) is 11.2. The Labute approximate surface area is 138 Å². The van der Waals surface area contributed by atoms with Crippen LogP contribution in [0.25, 0.3) is 5.57 Å². The van der Waals surface area contributed by atoms with Gasteiger partial charge >= 0.3 is 0 Å². The summed E-state index contributed by atoms with van der Waals surface area (Å²) in [6.07, 6.45) is 5.41. The fourth-order valence-electron chi connectivity index (χ4n) is 2.98. The molecule has 116 valence electrons. The molecule has 1 aliphatic rings. The third-order valence-corrected chi connectivity index (χ3v) is 4.08. The number of para-hydroxylation sites is 1. The second-order valence-electron chi connectivity index (χ2n) is 5.94. The predicted octanol–water partition coefficient (Wildman–Crippen LogP) is 5.06. The van der Waals surface area contributed by atoms with Crippen LogP contribution < -0.4 is 0 Å². The Morgan fingerprint density at radius 3 is 2.39 bits per heavy atom. The highest BCUT2D eigenvalue weighted by atomic mass is 15.1. The van der Waals surface area contributed by atoms with Crippen LogP contribution in [0.5, 0.6) is 0 Å². The van der Waals surface area contributed by atoms with E-state index in [9.17, 15) is 0 Å². The van der Waals surface area contributed by atoms with Crippen molar-refractivity contribution in [1.82, 2.24) is 4.90 Å². The zero-order valence-electron chi connectivity index (χ0n) is 14.0. The summed E-state index contributed by atoms with van der Waals surface area (Å²) in [6.45, 7) is 2.09. The Hall–Kier alpha value is -2.61. The van der Waals surface area contributed by atoms with E-state index in [1.165, 1.54) is 22.4 Å². The minimum Gasteiger partial charge on any atom is -0.377 e. The minimum atomic E-state index is 0.975. The van der Waals surface area contributed by atoms with Crippen molar-refractivity contribution in [3.8, 4) is 0 Å². The number of nitrogens with zero attached hydrogens (tertiary/aromatic N) is 2. The molecule has 0 atom stereocenters. The number of allylic oxidation sites excluding steroid dienone is 3. The third kappa shape index (κ3) is 3.26. The van der Waals surface area contributed by atoms with Gasteiger partial charge in [-0.3, -0.25) is 4.99 Å². The molecule has 2 aromatic rings. The molecule has 0 heterocycles. The first-order valence-corrected chi connectivity index (χ1v) is 7.94. The number of hydrogen-bond donors (Lipinski definition) is 0. The molecular weight excluding hydrogens is 280 g/mol. The van der Waals surface area contributed by atoms with Crippen LogP contribution in [0.1, 0.15) is 24.5 Å². The molecule has 0 unspecified atom stereocenters. The van der Waals surface area contributed by atoms with Gasteiger partial charge in [0.25, 0.3) is 0 Å². The van der Waals surface area contributed by atoms with Gasteiger partial charge in [0.1, 0.15) is 0 Å². The van der Waals surface area contributed by atoms with E-state index in [2.05, 4.69) is 62.3 Å². The summed E-state index contributed by atoms with van der Waals surface area (Å²) in [6, 6.07) is 18.7. The third-order valence-electron chi connectivity index (χ3n) is 4.08. The highest BCUT2D eigenvalue weighted by Crippen LogP contribution is 2.32. The summed E-state index contributed by atoms with van der Waals surface area (Å²) < 4.78 is 0. The SMILES string of the molecule is C/C(=N\c1ccccc1)c1ccccc1C1=C(N(C)C)C=CC1. The van der Waals surface area contributed by atoms with E-state index in [1.807, 2.05) is 30.3 Å². The first kappa shape index (κ1) is 15.3. The fourth-order valence-corrected chi connectivity index (χ4v) is 2.98. The molecule has 0 aromatic heterocycles. The van der Waals surface area contributed by atoms with E-state index in [1.54, 1.807) is 0 Å². The largest absolute Gasteiger partial charge is 0.377 e. The van der Waals surface area contributed by atoms with E-state index in [0.717, 1.165) is 17.8 Å². The average Bonchev–Trinajstić information content (AvgIpc) is 3.05. The molecule has 2 nitrogen and oxygen atoms in total. The molecule has 0 fully saturated rings. The molecule has 23 heavy (non-hydrogen) atoms. The van der Waals surface area contributed by atoms with E-state index in [4.69, 9.17) is 4.99 Å². The van der Waals surface area contributed by atoms with Gasteiger partial charge in [0.2, 0.25) is 0 Å². The number of benzene rings is 2. The monoisotopic (exact) mass is 302 g/mol. The molecule has 0 amide bonds. The second-order valence-corrected chi connectivity index (χ2v) is 5.94. The van der Waals surface area contributed by atoms with Crippen molar-refractivity contribution in [3.05, 3.63) is 83.6 Å². The molecule has 0 N–H and O–H groups in total. The Balaban J connectivity index is 2.06. The maximum absolute atomic E-state index is 4.79. The predicted molar refractivity (Wildman–Crippen MR) is 99.1 cm³/mol. The summed E-state index contributed by atoms with van der Waals surface area (Å²) in [7, 11) is 4.19. The quantitative estimate of drug-likeness (QED) is 0.721. The van der Waals surface area contributed by atoms with Crippen LogP contribution in [0.2, 0.25) is 0 Å². The molecule has 0 saturated carbocycles. The van der Waals surface area contributed by atoms with Gasteiger partial charge in [-0.2, -0.15) is 0 Å². The van der Waals surface area contributed by atoms with Crippen molar-refractivity contribution >= 4 is 17.0 Å². The van der Waals surface area contributed by atoms with Crippen molar-refractivity contribution in [2.45, 2.75) is 13.3 Å². The van der Waals surface area contributed by atoms with Crippen molar-refractivity contribution in [2.75, 3.05) is 14.1 Å². The smallest absolute Gasteiger partial charge is 0.0633 e. The van der Waals surface area contributed by atoms with E-state index < -0.39 is 0 Å². The van der Waals surface area contributed by atoms with Crippen molar-refractivity contribution in [2.24, 2.45) is 4.99 Å². The molecule has 0 aliphatic heterocycles.